The van der Waals surface area contributed by atoms with Gasteiger partial charge in [-0.15, -0.1) is 0 Å². The van der Waals surface area contributed by atoms with Crippen molar-refractivity contribution in [2.75, 3.05) is 19.0 Å². The van der Waals surface area contributed by atoms with Gasteiger partial charge >= 0.3 is 0 Å². The number of aromatic nitrogens is 1. The summed E-state index contributed by atoms with van der Waals surface area (Å²) in [5, 5.41) is 10.9. The summed E-state index contributed by atoms with van der Waals surface area (Å²) < 4.78 is 46.1. The molecular formula is C37H41NO6SSi. The third-order valence-electron chi connectivity index (χ3n) is 9.06. The summed E-state index contributed by atoms with van der Waals surface area (Å²) in [5.74, 6) is 1.10. The van der Waals surface area contributed by atoms with E-state index in [1.54, 1.807) is 12.3 Å². The summed E-state index contributed by atoms with van der Waals surface area (Å²) in [6, 6.07) is 30.1. The highest BCUT2D eigenvalue weighted by Gasteiger charge is 2.52. The molecule has 0 amide bonds. The number of aliphatic hydroxyl groups excluding tert-OH is 1. The molecule has 2 atom stereocenters. The Morgan fingerprint density at radius 1 is 0.978 bits per heavy atom. The van der Waals surface area contributed by atoms with E-state index in [0.29, 0.717) is 24.4 Å². The van der Waals surface area contributed by atoms with Crippen LogP contribution in [0.5, 0.6) is 0 Å². The van der Waals surface area contributed by atoms with E-state index >= 15 is 0 Å². The molecular weight excluding hydrogens is 615 g/mol. The number of fused-ring (bicyclic) bond motifs is 1. The van der Waals surface area contributed by atoms with Crippen LogP contribution in [0.1, 0.15) is 50.8 Å². The van der Waals surface area contributed by atoms with Crippen molar-refractivity contribution in [1.29, 1.82) is 0 Å². The normalized spacial score (nSPS) is 19.9. The Balaban J connectivity index is 1.33. The average molecular weight is 656 g/mol. The van der Waals surface area contributed by atoms with Crippen molar-refractivity contribution in [3.8, 4) is 0 Å². The molecule has 2 aromatic carbocycles. The fourth-order valence-electron chi connectivity index (χ4n) is 6.93. The third kappa shape index (κ3) is 6.35. The maximum Gasteiger partial charge on any atom is 0.261 e. The lowest BCUT2D eigenvalue weighted by molar-refractivity contribution is 0.118. The molecule has 0 aliphatic carbocycles. The zero-order valence-electron chi connectivity index (χ0n) is 26.6. The van der Waals surface area contributed by atoms with Crippen LogP contribution in [0.4, 0.5) is 0 Å². The van der Waals surface area contributed by atoms with Gasteiger partial charge in [0, 0.05) is 6.20 Å². The molecule has 0 spiro atoms. The van der Waals surface area contributed by atoms with Crippen LogP contribution in [-0.4, -0.2) is 57.1 Å². The van der Waals surface area contributed by atoms with Crippen molar-refractivity contribution >= 4 is 40.2 Å². The Labute approximate surface area is 272 Å². The summed E-state index contributed by atoms with van der Waals surface area (Å²) in [7, 11) is -6.28. The fraction of sp³-hybridized carbons (Fsp3) is 0.324. The molecule has 0 unspecified atom stereocenters. The first kappa shape index (κ1) is 32.3. The van der Waals surface area contributed by atoms with Gasteiger partial charge < -0.3 is 18.7 Å². The topological polar surface area (TPSA) is 98.9 Å². The fourth-order valence-corrected chi connectivity index (χ4v) is 13.4. The second-order valence-electron chi connectivity index (χ2n) is 13.0. The van der Waals surface area contributed by atoms with E-state index in [1.165, 1.54) is 0 Å². The van der Waals surface area contributed by atoms with Crippen LogP contribution in [0.2, 0.25) is 5.04 Å². The molecule has 9 heteroatoms. The molecule has 1 N–H and O–H groups in total. The van der Waals surface area contributed by atoms with Gasteiger partial charge in [-0.3, -0.25) is 4.98 Å². The molecule has 2 aliphatic rings. The Bertz CT molecular complexity index is 1770. The number of rotatable bonds is 11. The van der Waals surface area contributed by atoms with E-state index in [0.717, 1.165) is 32.8 Å². The summed E-state index contributed by atoms with van der Waals surface area (Å²) in [4.78, 5) is 4.57. The molecule has 1 saturated heterocycles. The number of benzene rings is 2. The quantitative estimate of drug-likeness (QED) is 0.167. The summed E-state index contributed by atoms with van der Waals surface area (Å²) in [6.45, 7) is 6.89. The highest BCUT2D eigenvalue weighted by molar-refractivity contribution is 7.92. The minimum atomic E-state index is -3.41. The van der Waals surface area contributed by atoms with Crippen molar-refractivity contribution in [3.05, 3.63) is 126 Å². The van der Waals surface area contributed by atoms with E-state index in [4.69, 9.17) is 13.6 Å². The van der Waals surface area contributed by atoms with Crippen LogP contribution in [0, 0.1) is 0 Å². The standard InChI is InChI=1S/C37H41NO6SSi/c1-37(2,3)46(31-12-6-4-7-13-31,32-14-8-5-9-15-32)43-24-28-26-45(40,41)35-25-42-34(36(28)35)20-17-27(33-16-10-11-21-38-33)22-29-18-19-30(23-39)44-29/h4-16,18-19,21-22,34-35,39H,17,20,23-26H2,1-3H3/b27-22-/t34-,35+/m1/s1. The summed E-state index contributed by atoms with van der Waals surface area (Å²) >= 11 is 0. The molecule has 4 heterocycles. The Morgan fingerprint density at radius 2 is 1.65 bits per heavy atom. The monoisotopic (exact) mass is 655 g/mol. The predicted molar refractivity (Wildman–Crippen MR) is 184 cm³/mol. The van der Waals surface area contributed by atoms with Gasteiger partial charge in [0.15, 0.2) is 9.84 Å². The van der Waals surface area contributed by atoms with Crippen LogP contribution in [-0.2, 0) is 25.6 Å². The van der Waals surface area contributed by atoms with Crippen LogP contribution >= 0.6 is 0 Å². The van der Waals surface area contributed by atoms with E-state index in [2.05, 4.69) is 50.0 Å². The van der Waals surface area contributed by atoms with Gasteiger partial charge in [0.05, 0.1) is 30.8 Å². The molecule has 2 aliphatic heterocycles. The lowest BCUT2D eigenvalue weighted by Crippen LogP contribution is -2.66. The zero-order valence-corrected chi connectivity index (χ0v) is 28.4. The molecule has 2 aromatic heterocycles. The Hall–Kier alpha value is -3.60. The molecule has 240 valence electrons. The number of furan rings is 1. The zero-order chi connectivity index (χ0) is 32.4. The summed E-state index contributed by atoms with van der Waals surface area (Å²) in [6.07, 6.45) is 4.51. The number of aliphatic hydroxyl groups is 1. The molecule has 7 nitrogen and oxygen atoms in total. The van der Waals surface area contributed by atoms with Crippen molar-refractivity contribution in [2.24, 2.45) is 0 Å². The molecule has 0 saturated carbocycles. The highest BCUT2D eigenvalue weighted by Crippen LogP contribution is 2.41. The minimum absolute atomic E-state index is 0.00959. The van der Waals surface area contributed by atoms with Gasteiger partial charge in [0.2, 0.25) is 0 Å². The van der Waals surface area contributed by atoms with Crippen molar-refractivity contribution in [3.63, 3.8) is 0 Å². The van der Waals surface area contributed by atoms with Crippen LogP contribution in [0.3, 0.4) is 0 Å². The maximum atomic E-state index is 13.5. The van der Waals surface area contributed by atoms with E-state index in [1.807, 2.05) is 66.7 Å². The second kappa shape index (κ2) is 13.3. The maximum absolute atomic E-state index is 13.5. The van der Waals surface area contributed by atoms with E-state index in [-0.39, 0.29) is 36.7 Å². The number of nitrogens with zero attached hydrogens (tertiary/aromatic N) is 1. The Morgan fingerprint density at radius 3 is 2.24 bits per heavy atom. The third-order valence-corrected chi connectivity index (χ3v) is 16.1. The Kier molecular flexibility index (Phi) is 9.32. The van der Waals surface area contributed by atoms with Gasteiger partial charge in [-0.1, -0.05) is 87.5 Å². The molecule has 0 bridgehead atoms. The lowest BCUT2D eigenvalue weighted by Gasteiger charge is -2.43. The molecule has 0 radical (unpaired) electrons. The number of pyridine rings is 1. The van der Waals surface area contributed by atoms with Gasteiger partial charge in [-0.25, -0.2) is 8.42 Å². The average Bonchev–Trinajstić information content (AvgIpc) is 3.76. The molecule has 6 rings (SSSR count). The highest BCUT2D eigenvalue weighted by atomic mass is 32.2. The van der Waals surface area contributed by atoms with Gasteiger partial charge in [0.25, 0.3) is 8.32 Å². The first-order chi connectivity index (χ1) is 22.1. The van der Waals surface area contributed by atoms with Gasteiger partial charge in [-0.2, -0.15) is 0 Å². The first-order valence-corrected chi connectivity index (χ1v) is 19.4. The minimum Gasteiger partial charge on any atom is -0.459 e. The van der Waals surface area contributed by atoms with Crippen LogP contribution in [0.15, 0.2) is 113 Å². The van der Waals surface area contributed by atoms with Gasteiger partial charge in [0.1, 0.15) is 23.4 Å². The van der Waals surface area contributed by atoms with Crippen molar-refractivity contribution in [2.45, 2.75) is 56.6 Å². The molecule has 4 aromatic rings. The predicted octanol–water partition coefficient (Wildman–Crippen LogP) is 5.56. The number of allylic oxidation sites excluding steroid dienone is 1. The summed E-state index contributed by atoms with van der Waals surface area (Å²) in [5.41, 5.74) is 3.43. The number of sulfone groups is 1. The van der Waals surface area contributed by atoms with Crippen molar-refractivity contribution < 1.29 is 27.1 Å². The number of hydrogen-bond acceptors (Lipinski definition) is 7. The lowest BCUT2D eigenvalue weighted by atomic mass is 9.96. The molecule has 46 heavy (non-hydrogen) atoms. The van der Waals surface area contributed by atoms with Crippen LogP contribution < -0.4 is 10.4 Å². The number of ether oxygens (including phenoxy) is 1. The van der Waals surface area contributed by atoms with E-state index in [9.17, 15) is 13.5 Å². The van der Waals surface area contributed by atoms with E-state index < -0.39 is 23.4 Å². The second-order valence-corrected chi connectivity index (χ2v) is 19.5. The van der Waals surface area contributed by atoms with Crippen LogP contribution in [0.25, 0.3) is 11.6 Å². The number of hydrogen-bond donors (Lipinski definition) is 1. The largest absolute Gasteiger partial charge is 0.459 e. The van der Waals surface area contributed by atoms with Gasteiger partial charge in [-0.05, 0) is 75.3 Å². The SMILES string of the molecule is CC(C)(C)[Si](OCC1=C2[C@@H](CC/C(=C/c3ccc(CO)o3)c3ccccn3)OC[C@@H]2S(=O)(=O)C1)(c1ccccc1)c1ccccc1. The van der Waals surface area contributed by atoms with Crippen molar-refractivity contribution in [1.82, 2.24) is 4.98 Å². The first-order valence-electron chi connectivity index (χ1n) is 15.7. The smallest absolute Gasteiger partial charge is 0.261 e. The molecule has 1 fully saturated rings.